The second kappa shape index (κ2) is 10.0. The van der Waals surface area contributed by atoms with Crippen molar-refractivity contribution < 1.29 is 14.1 Å². The van der Waals surface area contributed by atoms with Gasteiger partial charge in [0.15, 0.2) is 0 Å². The number of piperidine rings is 1. The lowest BCUT2D eigenvalue weighted by Gasteiger charge is -2.49. The van der Waals surface area contributed by atoms with Gasteiger partial charge in [0.25, 0.3) is 0 Å². The van der Waals surface area contributed by atoms with E-state index in [1.165, 1.54) is 0 Å². The van der Waals surface area contributed by atoms with E-state index >= 15 is 0 Å². The average Bonchev–Trinajstić information content (AvgIpc) is 3.19. The normalized spacial score (nSPS) is 17.8. The van der Waals surface area contributed by atoms with E-state index in [2.05, 4.69) is 55.0 Å². The second-order valence-corrected chi connectivity index (χ2v) is 10.1. The molecule has 1 N–H and O–H groups in total. The SMILES string of the molecule is CCCCN(C(=O)CCc1nc(-c2ccc(OC)cc2)no1)C1CC(C)(C)NC(C)(C)C1. The molecule has 1 fully saturated rings. The summed E-state index contributed by atoms with van der Waals surface area (Å²) in [7, 11) is 1.63. The van der Waals surface area contributed by atoms with Crippen molar-refractivity contribution in [1.29, 1.82) is 0 Å². The maximum Gasteiger partial charge on any atom is 0.227 e. The minimum atomic E-state index is -0.00306. The molecule has 0 radical (unpaired) electrons. The molecule has 0 bridgehead atoms. The first-order valence-electron chi connectivity index (χ1n) is 11.7. The van der Waals surface area contributed by atoms with Gasteiger partial charge in [0.05, 0.1) is 7.11 Å². The van der Waals surface area contributed by atoms with Crippen LogP contribution in [0, 0.1) is 0 Å². The van der Waals surface area contributed by atoms with E-state index in [0.717, 1.165) is 43.5 Å². The van der Waals surface area contributed by atoms with Gasteiger partial charge in [0, 0.05) is 42.1 Å². The number of carbonyl (C=O) groups excluding carboxylic acids is 1. The Morgan fingerprint density at radius 2 is 1.84 bits per heavy atom. The fraction of sp³-hybridized carbons (Fsp3) is 0.640. The molecule has 1 aliphatic heterocycles. The predicted octanol–water partition coefficient (Wildman–Crippen LogP) is 4.62. The molecule has 1 aromatic heterocycles. The summed E-state index contributed by atoms with van der Waals surface area (Å²) in [5, 5.41) is 7.80. The third-order valence-electron chi connectivity index (χ3n) is 6.05. The van der Waals surface area contributed by atoms with Crippen molar-refractivity contribution in [2.75, 3.05) is 13.7 Å². The molecule has 1 saturated heterocycles. The maximum atomic E-state index is 13.3. The standard InChI is InChI=1S/C25H38N4O3/c1-7-8-15-29(19-16-24(2,3)28-25(4,5)17-19)22(30)14-13-21-26-23(27-32-21)18-9-11-20(31-6)12-10-18/h9-12,19,28H,7-8,13-17H2,1-6H3. The van der Waals surface area contributed by atoms with E-state index in [1.807, 2.05) is 24.3 Å². The third-order valence-corrected chi connectivity index (χ3v) is 6.05. The molecule has 1 aromatic carbocycles. The number of aryl methyl sites for hydroxylation is 1. The molecule has 0 unspecified atom stereocenters. The van der Waals surface area contributed by atoms with Crippen molar-refractivity contribution in [2.45, 2.75) is 90.3 Å². The predicted molar refractivity (Wildman–Crippen MR) is 126 cm³/mol. The highest BCUT2D eigenvalue weighted by Crippen LogP contribution is 2.32. The van der Waals surface area contributed by atoms with E-state index < -0.39 is 0 Å². The number of hydrogen-bond acceptors (Lipinski definition) is 6. The second-order valence-electron chi connectivity index (χ2n) is 10.1. The smallest absolute Gasteiger partial charge is 0.227 e. The van der Waals surface area contributed by atoms with Crippen LogP contribution in [0.15, 0.2) is 28.8 Å². The molecular weight excluding hydrogens is 404 g/mol. The summed E-state index contributed by atoms with van der Waals surface area (Å²) < 4.78 is 10.6. The Bertz CT molecular complexity index is 873. The van der Waals surface area contributed by atoms with Crippen LogP contribution in [0.2, 0.25) is 0 Å². The zero-order chi connectivity index (χ0) is 23.4. The molecular formula is C25H38N4O3. The van der Waals surface area contributed by atoms with Crippen molar-refractivity contribution in [1.82, 2.24) is 20.4 Å². The molecule has 7 heteroatoms. The fourth-order valence-electron chi connectivity index (χ4n) is 4.90. The van der Waals surface area contributed by atoms with Crippen LogP contribution in [-0.2, 0) is 11.2 Å². The minimum Gasteiger partial charge on any atom is -0.497 e. The van der Waals surface area contributed by atoms with Gasteiger partial charge in [-0.2, -0.15) is 4.98 Å². The number of carbonyl (C=O) groups is 1. The number of unbranched alkanes of at least 4 members (excludes halogenated alkanes) is 1. The van der Waals surface area contributed by atoms with Gasteiger partial charge in [-0.05, 0) is 71.2 Å². The van der Waals surface area contributed by atoms with Gasteiger partial charge in [0.2, 0.25) is 17.6 Å². The van der Waals surface area contributed by atoms with Crippen LogP contribution in [0.5, 0.6) is 5.75 Å². The highest BCUT2D eigenvalue weighted by molar-refractivity contribution is 5.76. The Morgan fingerprint density at radius 3 is 2.44 bits per heavy atom. The van der Waals surface area contributed by atoms with E-state index in [-0.39, 0.29) is 23.0 Å². The molecule has 32 heavy (non-hydrogen) atoms. The highest BCUT2D eigenvalue weighted by Gasteiger charge is 2.40. The Hall–Kier alpha value is -2.41. The van der Waals surface area contributed by atoms with Gasteiger partial charge < -0.3 is 19.5 Å². The summed E-state index contributed by atoms with van der Waals surface area (Å²) in [5.74, 6) is 1.96. The summed E-state index contributed by atoms with van der Waals surface area (Å²) in [6.07, 6.45) is 4.80. The van der Waals surface area contributed by atoms with Gasteiger partial charge in [0.1, 0.15) is 5.75 Å². The highest BCUT2D eigenvalue weighted by atomic mass is 16.5. The lowest BCUT2D eigenvalue weighted by molar-refractivity contribution is -0.135. The van der Waals surface area contributed by atoms with Crippen LogP contribution >= 0.6 is 0 Å². The maximum absolute atomic E-state index is 13.3. The third kappa shape index (κ3) is 6.31. The average molecular weight is 443 g/mol. The first kappa shape index (κ1) is 24.2. The molecule has 7 nitrogen and oxygen atoms in total. The number of methoxy groups -OCH3 is 1. The number of aromatic nitrogens is 2. The zero-order valence-corrected chi connectivity index (χ0v) is 20.4. The Balaban J connectivity index is 1.66. The van der Waals surface area contributed by atoms with Crippen LogP contribution in [0.4, 0.5) is 0 Å². The van der Waals surface area contributed by atoms with Gasteiger partial charge in [-0.25, -0.2) is 0 Å². The van der Waals surface area contributed by atoms with Gasteiger partial charge in [-0.3, -0.25) is 4.79 Å². The molecule has 1 aliphatic rings. The first-order chi connectivity index (χ1) is 15.1. The number of ether oxygens (including phenoxy) is 1. The summed E-state index contributed by atoms with van der Waals surface area (Å²) in [6.45, 7) is 11.9. The molecule has 2 heterocycles. The molecule has 2 aromatic rings. The van der Waals surface area contributed by atoms with Crippen molar-refractivity contribution in [3.63, 3.8) is 0 Å². The molecule has 0 saturated carbocycles. The van der Waals surface area contributed by atoms with Gasteiger partial charge in [-0.15, -0.1) is 0 Å². The Labute approximate surface area is 191 Å². The Kier molecular flexibility index (Phi) is 7.59. The van der Waals surface area contributed by atoms with E-state index in [0.29, 0.717) is 24.6 Å². The molecule has 0 aliphatic carbocycles. The van der Waals surface area contributed by atoms with Crippen molar-refractivity contribution in [3.8, 4) is 17.1 Å². The summed E-state index contributed by atoms with van der Waals surface area (Å²) >= 11 is 0. The van der Waals surface area contributed by atoms with Crippen LogP contribution < -0.4 is 10.1 Å². The summed E-state index contributed by atoms with van der Waals surface area (Å²) in [6, 6.07) is 7.75. The molecule has 0 atom stereocenters. The number of rotatable bonds is 9. The van der Waals surface area contributed by atoms with Crippen LogP contribution in [0.25, 0.3) is 11.4 Å². The lowest BCUT2D eigenvalue weighted by atomic mass is 9.79. The number of benzene rings is 1. The lowest BCUT2D eigenvalue weighted by Crippen LogP contribution is -2.62. The quantitative estimate of drug-likeness (QED) is 0.611. The molecule has 176 valence electrons. The summed E-state index contributed by atoms with van der Waals surface area (Å²) in [5.41, 5.74) is 0.851. The zero-order valence-electron chi connectivity index (χ0n) is 20.4. The van der Waals surface area contributed by atoms with E-state index in [4.69, 9.17) is 9.26 Å². The number of hydrogen-bond donors (Lipinski definition) is 1. The van der Waals surface area contributed by atoms with Crippen molar-refractivity contribution in [3.05, 3.63) is 30.2 Å². The van der Waals surface area contributed by atoms with Gasteiger partial charge >= 0.3 is 0 Å². The van der Waals surface area contributed by atoms with Crippen LogP contribution in [0.1, 0.15) is 72.6 Å². The first-order valence-corrected chi connectivity index (χ1v) is 11.7. The van der Waals surface area contributed by atoms with E-state index in [9.17, 15) is 4.79 Å². The number of nitrogens with one attached hydrogen (secondary N) is 1. The van der Waals surface area contributed by atoms with Crippen LogP contribution in [0.3, 0.4) is 0 Å². The minimum absolute atomic E-state index is 0.00306. The monoisotopic (exact) mass is 442 g/mol. The van der Waals surface area contributed by atoms with E-state index in [1.54, 1.807) is 7.11 Å². The number of amides is 1. The molecule has 1 amide bonds. The van der Waals surface area contributed by atoms with Crippen LogP contribution in [-0.4, -0.2) is 51.7 Å². The largest absolute Gasteiger partial charge is 0.497 e. The van der Waals surface area contributed by atoms with Crippen molar-refractivity contribution in [2.24, 2.45) is 0 Å². The molecule has 3 rings (SSSR count). The summed E-state index contributed by atoms with van der Waals surface area (Å²) in [4.78, 5) is 19.9. The molecule has 0 spiro atoms. The topological polar surface area (TPSA) is 80.5 Å². The van der Waals surface area contributed by atoms with Gasteiger partial charge in [-0.1, -0.05) is 18.5 Å². The Morgan fingerprint density at radius 1 is 1.19 bits per heavy atom. The van der Waals surface area contributed by atoms with Crippen molar-refractivity contribution >= 4 is 5.91 Å². The number of nitrogens with zero attached hydrogens (tertiary/aromatic N) is 3. The fourth-order valence-corrected chi connectivity index (χ4v) is 4.90.